The predicted molar refractivity (Wildman–Crippen MR) is 82.6 cm³/mol. The van der Waals surface area contributed by atoms with Crippen LogP contribution in [0.25, 0.3) is 16.8 Å². The number of fused-ring (bicyclic) bond motifs is 1. The first-order chi connectivity index (χ1) is 8.49. The van der Waals surface area contributed by atoms with Crippen molar-refractivity contribution in [1.82, 2.24) is 9.97 Å². The number of aromatic amines is 2. The van der Waals surface area contributed by atoms with Crippen molar-refractivity contribution in [3.05, 3.63) is 37.2 Å². The van der Waals surface area contributed by atoms with Gasteiger partial charge >= 0.3 is 0 Å². The molecule has 0 saturated heterocycles. The Balaban J connectivity index is 0.000000576. The maximum Gasteiger partial charge on any atom is 0.138 e. The molecule has 0 spiro atoms. The van der Waals surface area contributed by atoms with Gasteiger partial charge in [0.2, 0.25) is 0 Å². The maximum absolute atomic E-state index is 6.33. The molecule has 0 radical (unpaired) electrons. The topological polar surface area (TPSA) is 81.4 Å². The molecule has 5 N–H and O–H groups in total. The second kappa shape index (κ2) is 9.13. The van der Waals surface area contributed by atoms with Crippen molar-refractivity contribution in [2.24, 2.45) is 5.73 Å². The van der Waals surface area contributed by atoms with Crippen molar-refractivity contribution < 1.29 is 19.5 Å². The monoisotopic (exact) mass is 385 g/mol. The van der Waals surface area contributed by atoms with Crippen LogP contribution >= 0.6 is 47.6 Å². The Morgan fingerprint density at radius 2 is 1.68 bits per heavy atom. The Morgan fingerprint density at radius 1 is 1.16 bits per heavy atom. The molecule has 0 aliphatic heterocycles. The molecule has 0 aliphatic rings. The molecule has 1 aromatic heterocycles. The van der Waals surface area contributed by atoms with Crippen LogP contribution in [0.3, 0.4) is 0 Å². The molecular formula is C10H11Cl2N4S2Zn-. The summed E-state index contributed by atoms with van der Waals surface area (Å²) in [6.45, 7) is 0.833. The van der Waals surface area contributed by atoms with Gasteiger partial charge in [0, 0.05) is 24.5 Å². The molecule has 0 saturated carbocycles. The Morgan fingerprint density at radius 3 is 2.21 bits per heavy atom. The summed E-state index contributed by atoms with van der Waals surface area (Å²) in [6, 6.07) is 3.39. The largest absolute Gasteiger partial charge is 0.676 e. The first-order valence-electron chi connectivity index (χ1n) is 4.95. The summed E-state index contributed by atoms with van der Waals surface area (Å²) < 4.78 is 0.947. The predicted octanol–water partition coefficient (Wildman–Crippen LogP) is 4.26. The van der Waals surface area contributed by atoms with Gasteiger partial charge in [0.1, 0.15) is 9.28 Å². The molecule has 100 valence electrons. The minimum atomic E-state index is 0. The van der Waals surface area contributed by atoms with Crippen LogP contribution in [0.1, 0.15) is 0 Å². The van der Waals surface area contributed by atoms with Gasteiger partial charge in [0.05, 0.1) is 16.1 Å². The molecule has 2 aromatic rings. The molecule has 9 heteroatoms. The van der Waals surface area contributed by atoms with Crippen LogP contribution in [0.5, 0.6) is 0 Å². The zero-order valence-corrected chi connectivity index (χ0v) is 16.0. The third-order valence-electron chi connectivity index (χ3n) is 1.89. The van der Waals surface area contributed by atoms with E-state index in [-0.39, 0.29) is 19.5 Å². The van der Waals surface area contributed by atoms with E-state index in [0.29, 0.717) is 32.4 Å². The summed E-state index contributed by atoms with van der Waals surface area (Å²) in [5.41, 5.74) is 12.6. The molecule has 0 unspecified atom stereocenters. The first-order valence-corrected chi connectivity index (χ1v) is 6.53. The number of halogens is 2. The average Bonchev–Trinajstić information content (AvgIpc) is 2.32. The van der Waals surface area contributed by atoms with Gasteiger partial charge in [0.15, 0.2) is 0 Å². The molecule has 1 aromatic carbocycles. The van der Waals surface area contributed by atoms with E-state index in [4.69, 9.17) is 59.1 Å². The molecule has 4 nitrogen and oxygen atoms in total. The van der Waals surface area contributed by atoms with Gasteiger partial charge in [-0.25, -0.2) is 0 Å². The summed E-state index contributed by atoms with van der Waals surface area (Å²) in [7, 11) is 0. The van der Waals surface area contributed by atoms with E-state index in [9.17, 15) is 0 Å². The maximum atomic E-state index is 6.33. The summed E-state index contributed by atoms with van der Waals surface area (Å²) in [6.07, 6.45) is 0. The van der Waals surface area contributed by atoms with Crippen LogP contribution in [-0.2, 0) is 19.5 Å². The molecule has 2 rings (SSSR count). The Labute approximate surface area is 143 Å². The number of hydrogen-bond donors (Lipinski definition) is 3. The van der Waals surface area contributed by atoms with Gasteiger partial charge < -0.3 is 21.4 Å². The summed E-state index contributed by atoms with van der Waals surface area (Å²) in [5, 5.41) is 1.07. The zero-order valence-electron chi connectivity index (χ0n) is 9.93. The van der Waals surface area contributed by atoms with E-state index in [1.54, 1.807) is 12.1 Å². The van der Waals surface area contributed by atoms with E-state index in [0.717, 1.165) is 11.0 Å². The minimum Gasteiger partial charge on any atom is -0.676 e. The fourth-order valence-electron chi connectivity index (χ4n) is 1.15. The van der Waals surface area contributed by atoms with Gasteiger partial charge in [-0.3, -0.25) is 0 Å². The van der Waals surface area contributed by atoms with Gasteiger partial charge in [-0.2, -0.15) is 0 Å². The number of rotatable bonds is 1. The van der Waals surface area contributed by atoms with Crippen molar-refractivity contribution in [2.75, 3.05) is 13.1 Å². The van der Waals surface area contributed by atoms with Crippen LogP contribution in [0.4, 0.5) is 0 Å². The van der Waals surface area contributed by atoms with Crippen LogP contribution in [-0.4, -0.2) is 23.1 Å². The smallest absolute Gasteiger partial charge is 0.138 e. The number of H-pyrrole nitrogens is 2. The molecular weight excluding hydrogens is 377 g/mol. The Kier molecular flexibility index (Phi) is 9.19. The Hall–Kier alpha value is 0.123. The van der Waals surface area contributed by atoms with E-state index < -0.39 is 0 Å². The molecule has 1 heterocycles. The number of hydrogen-bond acceptors (Lipinski definition) is 3. The van der Waals surface area contributed by atoms with Crippen molar-refractivity contribution in [3.63, 3.8) is 0 Å². The Bertz CT molecular complexity index is 654. The summed E-state index contributed by atoms with van der Waals surface area (Å²) >= 11 is 21.8. The number of benzene rings is 1. The van der Waals surface area contributed by atoms with E-state index in [2.05, 4.69) is 9.97 Å². The number of nitrogens with one attached hydrogen (secondary N) is 3. The second-order valence-corrected chi connectivity index (χ2v) is 4.92. The van der Waals surface area contributed by atoms with Crippen LogP contribution < -0.4 is 5.73 Å². The number of nitrogens with two attached hydrogens (primary N) is 1. The normalized spacial score (nSPS) is 9.47. The third-order valence-corrected chi connectivity index (χ3v) is 3.15. The quantitative estimate of drug-likeness (QED) is 0.505. The van der Waals surface area contributed by atoms with Gasteiger partial charge in [-0.15, -0.1) is 6.54 Å². The van der Waals surface area contributed by atoms with Gasteiger partial charge in [0.25, 0.3) is 0 Å². The van der Waals surface area contributed by atoms with Crippen molar-refractivity contribution in [1.29, 1.82) is 0 Å². The van der Waals surface area contributed by atoms with Gasteiger partial charge in [-0.1, -0.05) is 47.6 Å². The summed E-state index contributed by atoms with van der Waals surface area (Å²) in [5.74, 6) is 0. The standard InChI is InChI=1S/C8H4Cl2N2S2.C2H7N2.Zn/c9-3-1-4(10)6-5(2-3)11-7(13)8(14)12-6;3-1-2-4;/h1-2H,(H,11,13)(H,12,14);3H,1-2,4H2;/q;-1;. The number of aromatic nitrogens is 2. The van der Waals surface area contributed by atoms with Crippen molar-refractivity contribution in [2.45, 2.75) is 0 Å². The molecule has 0 aliphatic carbocycles. The second-order valence-electron chi connectivity index (χ2n) is 3.26. The fraction of sp³-hybridized carbons (Fsp3) is 0.200. The fourth-order valence-corrected chi connectivity index (χ4v) is 2.00. The third kappa shape index (κ3) is 5.55. The van der Waals surface area contributed by atoms with Crippen molar-refractivity contribution in [3.8, 4) is 0 Å². The van der Waals surface area contributed by atoms with Crippen LogP contribution in [0, 0.1) is 9.28 Å². The zero-order chi connectivity index (χ0) is 13.7. The summed E-state index contributed by atoms with van der Waals surface area (Å²) in [4.78, 5) is 5.89. The first kappa shape index (κ1) is 19.1. The van der Waals surface area contributed by atoms with E-state index in [1.807, 2.05) is 0 Å². The molecule has 0 amide bonds. The average molecular weight is 388 g/mol. The molecule has 19 heavy (non-hydrogen) atoms. The molecule has 0 atom stereocenters. The SMILES string of the molecule is S=c1[nH]c2cc(Cl)cc(Cl)c2[nH]c1=S.[NH-]CCN.[Zn]. The van der Waals surface area contributed by atoms with Crippen LogP contribution in [0.15, 0.2) is 12.1 Å². The molecule has 0 fully saturated rings. The van der Waals surface area contributed by atoms with Crippen LogP contribution in [0.2, 0.25) is 10.0 Å². The van der Waals surface area contributed by atoms with E-state index in [1.165, 1.54) is 0 Å². The molecule has 0 bridgehead atoms. The minimum absolute atomic E-state index is 0. The van der Waals surface area contributed by atoms with Gasteiger partial charge in [-0.05, 0) is 18.7 Å². The van der Waals surface area contributed by atoms with Crippen molar-refractivity contribution >= 4 is 58.7 Å². The van der Waals surface area contributed by atoms with E-state index >= 15 is 0 Å².